The molecule has 0 radical (unpaired) electrons. The third-order valence-electron chi connectivity index (χ3n) is 3.33. The molecular weight excluding hydrogens is 322 g/mol. The van der Waals surface area contributed by atoms with E-state index < -0.39 is 0 Å². The minimum absolute atomic E-state index is 0.0342. The molecular formula is C18H21N3O4. The van der Waals surface area contributed by atoms with Crippen molar-refractivity contribution in [3.63, 3.8) is 0 Å². The van der Waals surface area contributed by atoms with Crippen LogP contribution in [0.4, 0.5) is 5.69 Å². The lowest BCUT2D eigenvalue weighted by Gasteiger charge is -2.12. The first-order chi connectivity index (χ1) is 12.2. The van der Waals surface area contributed by atoms with Crippen molar-refractivity contribution in [1.82, 2.24) is 10.3 Å². The molecule has 2 aromatic rings. The number of amides is 2. The van der Waals surface area contributed by atoms with Gasteiger partial charge in [0.1, 0.15) is 6.61 Å². The maximum atomic E-state index is 12.2. The van der Waals surface area contributed by atoms with Crippen LogP contribution >= 0.6 is 0 Å². The lowest BCUT2D eigenvalue weighted by atomic mass is 10.1. The second-order valence-corrected chi connectivity index (χ2v) is 5.18. The van der Waals surface area contributed by atoms with E-state index in [0.29, 0.717) is 24.5 Å². The molecule has 132 valence electrons. The van der Waals surface area contributed by atoms with E-state index in [1.807, 2.05) is 18.2 Å². The third-order valence-corrected chi connectivity index (χ3v) is 3.33. The van der Waals surface area contributed by atoms with Crippen LogP contribution in [0.1, 0.15) is 15.9 Å². The number of hydrogen-bond donors (Lipinski definition) is 2. The van der Waals surface area contributed by atoms with E-state index in [-0.39, 0.29) is 25.0 Å². The molecule has 0 saturated heterocycles. The van der Waals surface area contributed by atoms with Crippen LogP contribution in [0, 0.1) is 0 Å². The minimum atomic E-state index is -0.255. The first-order valence-corrected chi connectivity index (χ1v) is 7.83. The summed E-state index contributed by atoms with van der Waals surface area (Å²) >= 11 is 0. The van der Waals surface area contributed by atoms with Gasteiger partial charge in [0, 0.05) is 31.7 Å². The zero-order chi connectivity index (χ0) is 17.9. The maximum absolute atomic E-state index is 12.2. The molecule has 2 N–H and O–H groups in total. The number of nitrogens with one attached hydrogen (secondary N) is 2. The summed E-state index contributed by atoms with van der Waals surface area (Å²) in [6.07, 6.45) is 3.10. The average molecular weight is 343 g/mol. The quantitative estimate of drug-likeness (QED) is 0.675. The summed E-state index contributed by atoms with van der Waals surface area (Å²) in [4.78, 5) is 27.9. The Bertz CT molecular complexity index is 692. The molecule has 0 aliphatic carbocycles. The number of anilines is 1. The molecule has 0 unspecified atom stereocenters. The molecule has 1 aromatic heterocycles. The standard InChI is InChI=1S/C18H21N3O4/c1-24-9-10-25-13-17(22)20-12-14-5-2-3-7-16(14)21-18(23)15-6-4-8-19-11-15/h2-8,11H,9-10,12-13H2,1H3,(H,20,22)(H,21,23). The van der Waals surface area contributed by atoms with Crippen molar-refractivity contribution in [3.8, 4) is 0 Å². The fourth-order valence-electron chi connectivity index (χ4n) is 2.04. The van der Waals surface area contributed by atoms with Crippen LogP contribution in [0.5, 0.6) is 0 Å². The number of ether oxygens (including phenoxy) is 2. The van der Waals surface area contributed by atoms with Crippen LogP contribution in [0.2, 0.25) is 0 Å². The van der Waals surface area contributed by atoms with Crippen LogP contribution in [-0.4, -0.2) is 43.7 Å². The van der Waals surface area contributed by atoms with E-state index in [1.54, 1.807) is 31.5 Å². The summed E-state index contributed by atoms with van der Waals surface area (Å²) in [5, 5.41) is 5.59. The first-order valence-electron chi connectivity index (χ1n) is 7.83. The van der Waals surface area contributed by atoms with Gasteiger partial charge in [0.05, 0.1) is 18.8 Å². The van der Waals surface area contributed by atoms with Gasteiger partial charge < -0.3 is 20.1 Å². The monoisotopic (exact) mass is 343 g/mol. The zero-order valence-electron chi connectivity index (χ0n) is 14.0. The summed E-state index contributed by atoms with van der Waals surface area (Å²) in [6.45, 7) is 1.06. The Morgan fingerprint density at radius 1 is 1.12 bits per heavy atom. The van der Waals surface area contributed by atoms with Crippen molar-refractivity contribution in [2.75, 3.05) is 32.2 Å². The second kappa shape index (κ2) is 10.2. The highest BCUT2D eigenvalue weighted by Crippen LogP contribution is 2.16. The van der Waals surface area contributed by atoms with Gasteiger partial charge in [-0.3, -0.25) is 14.6 Å². The van der Waals surface area contributed by atoms with Gasteiger partial charge >= 0.3 is 0 Å². The molecule has 0 fully saturated rings. The molecule has 0 aliphatic heterocycles. The molecule has 1 aromatic carbocycles. The Kier molecular flexibility index (Phi) is 7.55. The normalized spacial score (nSPS) is 10.3. The number of carbonyl (C=O) groups excluding carboxylic acids is 2. The van der Waals surface area contributed by atoms with Crippen molar-refractivity contribution in [1.29, 1.82) is 0 Å². The van der Waals surface area contributed by atoms with Crippen LogP contribution < -0.4 is 10.6 Å². The highest BCUT2D eigenvalue weighted by atomic mass is 16.5. The number of nitrogens with zero attached hydrogens (tertiary/aromatic N) is 1. The third kappa shape index (κ3) is 6.33. The van der Waals surface area contributed by atoms with Gasteiger partial charge in [0.25, 0.3) is 5.91 Å². The van der Waals surface area contributed by atoms with E-state index in [2.05, 4.69) is 15.6 Å². The molecule has 0 saturated carbocycles. The van der Waals surface area contributed by atoms with Crippen molar-refractivity contribution in [2.45, 2.75) is 6.54 Å². The number of pyridine rings is 1. The molecule has 1 heterocycles. The number of hydrogen-bond acceptors (Lipinski definition) is 5. The van der Waals surface area contributed by atoms with E-state index in [1.165, 1.54) is 6.20 Å². The van der Waals surface area contributed by atoms with Gasteiger partial charge in [-0.1, -0.05) is 18.2 Å². The van der Waals surface area contributed by atoms with E-state index in [4.69, 9.17) is 9.47 Å². The molecule has 0 bridgehead atoms. The lowest BCUT2D eigenvalue weighted by Crippen LogP contribution is -2.28. The topological polar surface area (TPSA) is 89.5 Å². The zero-order valence-corrected chi connectivity index (χ0v) is 14.0. The van der Waals surface area contributed by atoms with Gasteiger partial charge in [0.15, 0.2) is 0 Å². The van der Waals surface area contributed by atoms with Gasteiger partial charge in [-0.25, -0.2) is 0 Å². The van der Waals surface area contributed by atoms with Gasteiger partial charge in [0.2, 0.25) is 5.91 Å². The molecule has 0 spiro atoms. The number of rotatable bonds is 9. The van der Waals surface area contributed by atoms with Crippen molar-refractivity contribution < 1.29 is 19.1 Å². The van der Waals surface area contributed by atoms with Crippen LogP contribution in [-0.2, 0) is 20.8 Å². The van der Waals surface area contributed by atoms with Crippen molar-refractivity contribution >= 4 is 17.5 Å². The number of methoxy groups -OCH3 is 1. The Balaban J connectivity index is 1.90. The van der Waals surface area contributed by atoms with Gasteiger partial charge in [-0.15, -0.1) is 0 Å². The first kappa shape index (κ1) is 18.6. The molecule has 0 atom stereocenters. The number of para-hydroxylation sites is 1. The van der Waals surface area contributed by atoms with E-state index >= 15 is 0 Å². The summed E-state index contributed by atoms with van der Waals surface area (Å²) < 4.78 is 10.0. The van der Waals surface area contributed by atoms with Crippen LogP contribution in [0.3, 0.4) is 0 Å². The van der Waals surface area contributed by atoms with Gasteiger partial charge in [-0.05, 0) is 23.8 Å². The minimum Gasteiger partial charge on any atom is -0.382 e. The largest absolute Gasteiger partial charge is 0.382 e. The molecule has 2 rings (SSSR count). The predicted octanol–water partition coefficient (Wildman–Crippen LogP) is 1.61. The average Bonchev–Trinajstić information content (AvgIpc) is 2.65. The maximum Gasteiger partial charge on any atom is 0.257 e. The fraction of sp³-hybridized carbons (Fsp3) is 0.278. The Hall–Kier alpha value is -2.77. The van der Waals surface area contributed by atoms with Crippen LogP contribution in [0.15, 0.2) is 48.8 Å². The summed E-state index contributed by atoms with van der Waals surface area (Å²) in [7, 11) is 1.57. The smallest absolute Gasteiger partial charge is 0.257 e. The number of aromatic nitrogens is 1. The van der Waals surface area contributed by atoms with Gasteiger partial charge in [-0.2, -0.15) is 0 Å². The Labute approximate surface area is 146 Å². The molecule has 7 heteroatoms. The molecule has 7 nitrogen and oxygen atoms in total. The molecule has 25 heavy (non-hydrogen) atoms. The van der Waals surface area contributed by atoms with Crippen molar-refractivity contribution in [2.24, 2.45) is 0 Å². The van der Waals surface area contributed by atoms with Crippen molar-refractivity contribution in [3.05, 3.63) is 59.9 Å². The lowest BCUT2D eigenvalue weighted by molar-refractivity contribution is -0.126. The predicted molar refractivity (Wildman–Crippen MR) is 93.2 cm³/mol. The molecule has 0 aliphatic rings. The Morgan fingerprint density at radius 3 is 2.72 bits per heavy atom. The highest BCUT2D eigenvalue weighted by molar-refractivity contribution is 6.04. The molecule has 2 amide bonds. The summed E-state index contributed by atoms with van der Waals surface area (Å²) in [5.74, 6) is -0.487. The Morgan fingerprint density at radius 2 is 1.96 bits per heavy atom. The fourth-order valence-corrected chi connectivity index (χ4v) is 2.04. The van der Waals surface area contributed by atoms with E-state index in [0.717, 1.165) is 5.56 Å². The number of benzene rings is 1. The summed E-state index contributed by atoms with van der Waals surface area (Å²) in [5.41, 5.74) is 1.90. The highest BCUT2D eigenvalue weighted by Gasteiger charge is 2.10. The SMILES string of the molecule is COCCOCC(=O)NCc1ccccc1NC(=O)c1cccnc1. The number of carbonyl (C=O) groups is 2. The van der Waals surface area contributed by atoms with E-state index in [9.17, 15) is 9.59 Å². The summed E-state index contributed by atoms with van der Waals surface area (Å²) in [6, 6.07) is 10.7. The van der Waals surface area contributed by atoms with Crippen LogP contribution in [0.25, 0.3) is 0 Å². The second-order valence-electron chi connectivity index (χ2n) is 5.18.